The molecule has 0 fully saturated rings. The van der Waals surface area contributed by atoms with Gasteiger partial charge in [-0.25, -0.2) is 9.97 Å². The smallest absolute Gasteiger partial charge is 0.163 e. The van der Waals surface area contributed by atoms with E-state index in [1.54, 1.807) is 11.0 Å². The third-order valence-electron chi connectivity index (χ3n) is 4.12. The number of ether oxygens (including phenoxy) is 1. The Balaban J connectivity index is 1.84. The van der Waals surface area contributed by atoms with Crippen molar-refractivity contribution in [3.05, 3.63) is 41.9 Å². The summed E-state index contributed by atoms with van der Waals surface area (Å²) >= 11 is 0. The molecule has 6 heteroatoms. The maximum atomic E-state index is 6.01. The molecule has 24 heavy (non-hydrogen) atoms. The minimum absolute atomic E-state index is 0.192. The van der Waals surface area contributed by atoms with Gasteiger partial charge in [-0.3, -0.25) is 4.68 Å². The van der Waals surface area contributed by atoms with Crippen LogP contribution in [0.3, 0.4) is 0 Å². The van der Waals surface area contributed by atoms with Crippen molar-refractivity contribution in [2.24, 2.45) is 7.05 Å². The fraction of sp³-hybridized carbons (Fsp3) is 0.389. The fourth-order valence-electron chi connectivity index (χ4n) is 2.66. The Kier molecular flexibility index (Phi) is 4.64. The van der Waals surface area contributed by atoms with Crippen LogP contribution in [0.25, 0.3) is 11.0 Å². The quantitative estimate of drug-likeness (QED) is 0.752. The second kappa shape index (κ2) is 6.86. The highest BCUT2D eigenvalue weighted by Gasteiger charge is 2.13. The normalized spacial score (nSPS) is 12.3. The summed E-state index contributed by atoms with van der Waals surface area (Å²) in [6, 6.07) is 8.09. The monoisotopic (exact) mass is 325 g/mol. The van der Waals surface area contributed by atoms with Crippen molar-refractivity contribution in [1.29, 1.82) is 0 Å². The number of anilines is 1. The largest absolute Gasteiger partial charge is 0.490 e. The minimum Gasteiger partial charge on any atom is -0.490 e. The molecule has 3 aromatic rings. The molecule has 0 unspecified atom stereocenters. The van der Waals surface area contributed by atoms with Crippen LogP contribution in [0.2, 0.25) is 0 Å². The molecular formula is C18H23N5O. The molecule has 1 aromatic carbocycles. The zero-order chi connectivity index (χ0) is 17.1. The third-order valence-corrected chi connectivity index (χ3v) is 4.12. The van der Waals surface area contributed by atoms with Gasteiger partial charge in [0, 0.05) is 19.2 Å². The van der Waals surface area contributed by atoms with Crippen LogP contribution in [0.5, 0.6) is 5.75 Å². The van der Waals surface area contributed by atoms with Crippen LogP contribution in [0.15, 0.2) is 30.6 Å². The number of nitrogens with zero attached hydrogens (tertiary/aromatic N) is 4. The number of nitrogens with one attached hydrogen (secondary N) is 1. The van der Waals surface area contributed by atoms with Gasteiger partial charge < -0.3 is 10.1 Å². The van der Waals surface area contributed by atoms with Crippen molar-refractivity contribution in [1.82, 2.24) is 19.7 Å². The Bertz CT molecular complexity index is 843. The van der Waals surface area contributed by atoms with Gasteiger partial charge in [0.25, 0.3) is 0 Å². The summed E-state index contributed by atoms with van der Waals surface area (Å²) in [6.45, 7) is 6.80. The molecule has 1 N–H and O–H groups in total. The van der Waals surface area contributed by atoms with E-state index in [1.807, 2.05) is 32.2 Å². The summed E-state index contributed by atoms with van der Waals surface area (Å²) in [7, 11) is 1.89. The number of rotatable bonds is 6. The van der Waals surface area contributed by atoms with Crippen molar-refractivity contribution in [2.75, 3.05) is 5.32 Å². The van der Waals surface area contributed by atoms with Gasteiger partial charge in [0.1, 0.15) is 17.9 Å². The lowest BCUT2D eigenvalue weighted by Crippen LogP contribution is -2.12. The second-order valence-corrected chi connectivity index (χ2v) is 5.93. The van der Waals surface area contributed by atoms with E-state index in [1.165, 1.54) is 0 Å². The average Bonchev–Trinajstić information content (AvgIpc) is 2.89. The molecule has 126 valence electrons. The summed E-state index contributed by atoms with van der Waals surface area (Å²) in [6.07, 6.45) is 2.73. The Morgan fingerprint density at radius 3 is 2.83 bits per heavy atom. The highest BCUT2D eigenvalue weighted by atomic mass is 16.5. The van der Waals surface area contributed by atoms with Crippen LogP contribution in [-0.2, 0) is 13.6 Å². The highest BCUT2D eigenvalue weighted by molar-refractivity contribution is 5.89. The van der Waals surface area contributed by atoms with Gasteiger partial charge in [-0.1, -0.05) is 25.1 Å². The molecule has 3 rings (SSSR count). The number of fused-ring (bicyclic) bond motifs is 1. The molecule has 0 saturated heterocycles. The maximum Gasteiger partial charge on any atom is 0.163 e. The molecule has 0 aliphatic rings. The molecule has 0 amide bonds. The first-order valence-corrected chi connectivity index (χ1v) is 8.23. The van der Waals surface area contributed by atoms with Gasteiger partial charge in [0.05, 0.1) is 17.2 Å². The van der Waals surface area contributed by atoms with Crippen LogP contribution >= 0.6 is 0 Å². The maximum absolute atomic E-state index is 6.01. The Hall–Kier alpha value is -2.63. The molecule has 0 aliphatic carbocycles. The molecule has 0 saturated carbocycles. The second-order valence-electron chi connectivity index (χ2n) is 5.93. The fourth-order valence-corrected chi connectivity index (χ4v) is 2.66. The first-order chi connectivity index (χ1) is 11.6. The third kappa shape index (κ3) is 3.18. The molecule has 1 atom stereocenters. The van der Waals surface area contributed by atoms with Crippen LogP contribution in [-0.4, -0.2) is 25.9 Å². The van der Waals surface area contributed by atoms with Crippen LogP contribution < -0.4 is 10.1 Å². The zero-order valence-corrected chi connectivity index (χ0v) is 14.6. The average molecular weight is 325 g/mol. The number of aromatic nitrogens is 4. The van der Waals surface area contributed by atoms with Crippen molar-refractivity contribution in [3.8, 4) is 5.75 Å². The minimum atomic E-state index is 0.192. The topological polar surface area (TPSA) is 64.9 Å². The van der Waals surface area contributed by atoms with Crippen molar-refractivity contribution < 1.29 is 4.74 Å². The van der Waals surface area contributed by atoms with Crippen LogP contribution in [0, 0.1) is 6.92 Å². The Morgan fingerprint density at radius 1 is 1.25 bits per heavy atom. The van der Waals surface area contributed by atoms with E-state index in [-0.39, 0.29) is 6.10 Å². The lowest BCUT2D eigenvalue weighted by atomic mass is 10.2. The summed E-state index contributed by atoms with van der Waals surface area (Å²) in [4.78, 5) is 8.70. The van der Waals surface area contributed by atoms with E-state index < -0.39 is 0 Å². The van der Waals surface area contributed by atoms with E-state index >= 15 is 0 Å². The number of benzene rings is 1. The van der Waals surface area contributed by atoms with Crippen molar-refractivity contribution in [3.63, 3.8) is 0 Å². The van der Waals surface area contributed by atoms with Gasteiger partial charge in [-0.2, -0.15) is 5.10 Å². The molecule has 0 spiro atoms. The summed E-state index contributed by atoms with van der Waals surface area (Å²) in [5.41, 5.74) is 2.85. The van der Waals surface area contributed by atoms with Crippen LogP contribution in [0.4, 0.5) is 5.82 Å². The van der Waals surface area contributed by atoms with Crippen LogP contribution in [0.1, 0.15) is 31.5 Å². The molecule has 2 heterocycles. The standard InChI is InChI=1S/C18H23N5O/c1-5-12(2)24-15-9-7-6-8-14(15)10-19-17-16-13(3)22-23(4)18(16)21-11-20-17/h6-9,11-12H,5,10H2,1-4H3,(H,19,20,21)/t12-/m1/s1. The number of hydrogen-bond acceptors (Lipinski definition) is 5. The van der Waals surface area contributed by atoms with Gasteiger partial charge >= 0.3 is 0 Å². The first-order valence-electron chi connectivity index (χ1n) is 8.23. The van der Waals surface area contributed by atoms with Gasteiger partial charge in [-0.05, 0) is 26.3 Å². The Morgan fingerprint density at radius 2 is 2.04 bits per heavy atom. The number of para-hydroxylation sites is 1. The molecule has 0 bridgehead atoms. The Labute approximate surface area is 141 Å². The lowest BCUT2D eigenvalue weighted by Gasteiger charge is -2.16. The zero-order valence-electron chi connectivity index (χ0n) is 14.6. The lowest BCUT2D eigenvalue weighted by molar-refractivity contribution is 0.215. The van der Waals surface area contributed by atoms with Gasteiger partial charge in [0.15, 0.2) is 5.65 Å². The summed E-state index contributed by atoms with van der Waals surface area (Å²) in [5.74, 6) is 1.71. The number of aryl methyl sites for hydroxylation is 2. The van der Waals surface area contributed by atoms with E-state index in [4.69, 9.17) is 4.74 Å². The SMILES string of the molecule is CC[C@@H](C)Oc1ccccc1CNc1ncnc2c1c(C)nn2C. The van der Waals surface area contributed by atoms with Gasteiger partial charge in [0.2, 0.25) is 0 Å². The summed E-state index contributed by atoms with van der Waals surface area (Å²) in [5, 5.41) is 8.79. The predicted molar refractivity (Wildman–Crippen MR) is 95.2 cm³/mol. The van der Waals surface area contributed by atoms with Crippen molar-refractivity contribution in [2.45, 2.75) is 39.8 Å². The number of hydrogen-bond donors (Lipinski definition) is 1. The van der Waals surface area contributed by atoms with E-state index in [0.29, 0.717) is 6.54 Å². The van der Waals surface area contributed by atoms with Gasteiger partial charge in [-0.15, -0.1) is 0 Å². The molecule has 0 radical (unpaired) electrons. The molecule has 0 aliphatic heterocycles. The predicted octanol–water partition coefficient (Wildman–Crippen LogP) is 3.46. The van der Waals surface area contributed by atoms with Crippen molar-refractivity contribution >= 4 is 16.9 Å². The molecule has 6 nitrogen and oxygen atoms in total. The van der Waals surface area contributed by atoms with E-state index in [2.05, 4.69) is 40.3 Å². The molecular weight excluding hydrogens is 302 g/mol. The van der Waals surface area contributed by atoms with E-state index in [0.717, 1.165) is 40.3 Å². The summed E-state index contributed by atoms with van der Waals surface area (Å²) < 4.78 is 7.78. The first kappa shape index (κ1) is 16.2. The molecule has 2 aromatic heterocycles. The highest BCUT2D eigenvalue weighted by Crippen LogP contribution is 2.25. The van der Waals surface area contributed by atoms with E-state index in [9.17, 15) is 0 Å².